The molecule has 0 fully saturated rings. The Hall–Kier alpha value is -0.720. The summed E-state index contributed by atoms with van der Waals surface area (Å²) in [6.45, 7) is 0. The van der Waals surface area contributed by atoms with Crippen LogP contribution in [0.3, 0.4) is 0 Å². The van der Waals surface area contributed by atoms with Crippen molar-refractivity contribution in [1.82, 2.24) is 0 Å². The second-order valence-corrected chi connectivity index (χ2v) is 3.25. The van der Waals surface area contributed by atoms with Gasteiger partial charge in [-0.25, -0.2) is 0 Å². The Kier molecular flexibility index (Phi) is 2.38. The van der Waals surface area contributed by atoms with Crippen LogP contribution in [0.25, 0.3) is 0 Å². The lowest BCUT2D eigenvalue weighted by molar-refractivity contribution is 1.47. The highest BCUT2D eigenvalue weighted by Gasteiger charge is 2.03. The molecule has 0 amide bonds. The summed E-state index contributed by atoms with van der Waals surface area (Å²) < 4.78 is 0.654. The van der Waals surface area contributed by atoms with E-state index in [4.69, 9.17) is 22.6 Å². The fourth-order valence-corrected chi connectivity index (χ4v) is 1.49. The number of anilines is 1. The molecule has 0 aliphatic carbocycles. The van der Waals surface area contributed by atoms with Crippen LogP contribution < -0.4 is 5.73 Å². The number of rotatable bonds is 0. The van der Waals surface area contributed by atoms with Crippen molar-refractivity contribution in [2.75, 3.05) is 5.73 Å². The molecule has 56 valence electrons. The van der Waals surface area contributed by atoms with Gasteiger partial charge in [-0.1, -0.05) is 11.6 Å². The molecule has 1 aromatic carbocycles. The van der Waals surface area contributed by atoms with E-state index in [9.17, 15) is 0 Å². The zero-order chi connectivity index (χ0) is 8.43. The van der Waals surface area contributed by atoms with Gasteiger partial charge in [0.05, 0.1) is 11.3 Å². The van der Waals surface area contributed by atoms with Gasteiger partial charge in [0.25, 0.3) is 0 Å². The van der Waals surface area contributed by atoms with Crippen LogP contribution in [0.15, 0.2) is 16.6 Å². The quantitative estimate of drug-likeness (QED) is 0.698. The van der Waals surface area contributed by atoms with E-state index in [1.807, 2.05) is 6.07 Å². The number of nitrogen functional groups attached to an aromatic ring is 1. The van der Waals surface area contributed by atoms with Crippen molar-refractivity contribution in [2.45, 2.75) is 0 Å². The molecule has 1 rings (SSSR count). The Morgan fingerprint density at radius 3 is 2.73 bits per heavy atom. The SMILES string of the molecule is N#Cc1cc(Cl)cc(Br)c1N. The first-order valence-electron chi connectivity index (χ1n) is 2.79. The molecule has 11 heavy (non-hydrogen) atoms. The van der Waals surface area contributed by atoms with Gasteiger partial charge in [-0.15, -0.1) is 0 Å². The van der Waals surface area contributed by atoms with Crippen LogP contribution in [0.1, 0.15) is 5.56 Å². The molecule has 0 radical (unpaired) electrons. The minimum atomic E-state index is 0.393. The predicted molar refractivity (Wildman–Crippen MR) is 48.3 cm³/mol. The third-order valence-electron chi connectivity index (χ3n) is 1.21. The summed E-state index contributed by atoms with van der Waals surface area (Å²) in [5.74, 6) is 0. The van der Waals surface area contributed by atoms with Gasteiger partial charge in [0.15, 0.2) is 0 Å². The average Bonchev–Trinajstić information content (AvgIpc) is 1.96. The van der Waals surface area contributed by atoms with Crippen molar-refractivity contribution >= 4 is 33.2 Å². The van der Waals surface area contributed by atoms with Crippen molar-refractivity contribution in [1.29, 1.82) is 5.26 Å². The van der Waals surface area contributed by atoms with E-state index in [1.54, 1.807) is 6.07 Å². The molecule has 0 spiro atoms. The predicted octanol–water partition coefficient (Wildman–Crippen LogP) is 2.56. The second-order valence-electron chi connectivity index (χ2n) is 1.96. The highest BCUT2D eigenvalue weighted by atomic mass is 79.9. The minimum Gasteiger partial charge on any atom is -0.397 e. The molecule has 0 heterocycles. The number of nitrogens with two attached hydrogens (primary N) is 1. The van der Waals surface area contributed by atoms with E-state index in [0.29, 0.717) is 20.7 Å². The standard InChI is InChI=1S/C7H4BrClN2/c8-6-2-5(9)1-4(3-10)7(6)11/h1-2H,11H2. The molecule has 0 atom stereocenters. The molecular formula is C7H4BrClN2. The van der Waals surface area contributed by atoms with Crippen LogP contribution in [0.4, 0.5) is 5.69 Å². The van der Waals surface area contributed by atoms with Gasteiger partial charge >= 0.3 is 0 Å². The molecule has 2 nitrogen and oxygen atoms in total. The summed E-state index contributed by atoms with van der Waals surface area (Å²) in [4.78, 5) is 0. The van der Waals surface area contributed by atoms with E-state index in [2.05, 4.69) is 15.9 Å². The van der Waals surface area contributed by atoms with Gasteiger partial charge in [0.1, 0.15) is 6.07 Å². The lowest BCUT2D eigenvalue weighted by atomic mass is 10.2. The molecule has 1 aromatic rings. The first kappa shape index (κ1) is 8.38. The zero-order valence-electron chi connectivity index (χ0n) is 5.44. The van der Waals surface area contributed by atoms with Crippen LogP contribution in [0.5, 0.6) is 0 Å². The summed E-state index contributed by atoms with van der Waals surface area (Å²) in [7, 11) is 0. The molecule has 2 N–H and O–H groups in total. The van der Waals surface area contributed by atoms with Gasteiger partial charge < -0.3 is 5.73 Å². The Bertz CT molecular complexity index is 330. The Morgan fingerprint density at radius 2 is 2.18 bits per heavy atom. The summed E-state index contributed by atoms with van der Waals surface area (Å²) in [6.07, 6.45) is 0. The highest BCUT2D eigenvalue weighted by Crippen LogP contribution is 2.26. The summed E-state index contributed by atoms with van der Waals surface area (Å²) >= 11 is 8.84. The van der Waals surface area contributed by atoms with Gasteiger partial charge in [-0.05, 0) is 28.1 Å². The van der Waals surface area contributed by atoms with Crippen molar-refractivity contribution in [3.63, 3.8) is 0 Å². The van der Waals surface area contributed by atoms with Crippen molar-refractivity contribution in [3.05, 3.63) is 27.2 Å². The largest absolute Gasteiger partial charge is 0.397 e. The lowest BCUT2D eigenvalue weighted by Gasteiger charge is -2.00. The number of nitriles is 1. The Morgan fingerprint density at radius 1 is 1.55 bits per heavy atom. The fourth-order valence-electron chi connectivity index (χ4n) is 0.677. The first-order valence-corrected chi connectivity index (χ1v) is 3.97. The molecule has 4 heteroatoms. The number of nitrogens with zero attached hydrogens (tertiary/aromatic N) is 1. The smallest absolute Gasteiger partial charge is 0.101 e. The first-order chi connectivity index (χ1) is 5.15. The summed E-state index contributed by atoms with van der Waals surface area (Å²) in [5, 5.41) is 9.06. The topological polar surface area (TPSA) is 49.8 Å². The number of hydrogen-bond acceptors (Lipinski definition) is 2. The van der Waals surface area contributed by atoms with E-state index in [-0.39, 0.29) is 0 Å². The highest BCUT2D eigenvalue weighted by molar-refractivity contribution is 9.10. The van der Waals surface area contributed by atoms with Crippen LogP contribution in [0, 0.1) is 11.3 Å². The van der Waals surface area contributed by atoms with Crippen LogP contribution >= 0.6 is 27.5 Å². The van der Waals surface area contributed by atoms with E-state index < -0.39 is 0 Å². The monoisotopic (exact) mass is 230 g/mol. The third-order valence-corrected chi connectivity index (χ3v) is 2.09. The number of hydrogen-bond donors (Lipinski definition) is 1. The molecule has 0 aliphatic heterocycles. The zero-order valence-corrected chi connectivity index (χ0v) is 7.78. The van der Waals surface area contributed by atoms with Crippen LogP contribution in [-0.2, 0) is 0 Å². The van der Waals surface area contributed by atoms with E-state index in [1.165, 1.54) is 6.07 Å². The maximum atomic E-state index is 8.56. The fraction of sp³-hybridized carbons (Fsp3) is 0. The van der Waals surface area contributed by atoms with E-state index >= 15 is 0 Å². The van der Waals surface area contributed by atoms with Crippen molar-refractivity contribution < 1.29 is 0 Å². The molecule has 0 aliphatic rings. The van der Waals surface area contributed by atoms with Gasteiger partial charge in [-0.3, -0.25) is 0 Å². The lowest BCUT2D eigenvalue weighted by Crippen LogP contribution is -1.91. The summed E-state index contributed by atoms with van der Waals surface area (Å²) in [5.41, 5.74) is 6.35. The molecule has 0 saturated heterocycles. The van der Waals surface area contributed by atoms with Crippen molar-refractivity contribution in [3.8, 4) is 6.07 Å². The summed E-state index contributed by atoms with van der Waals surface area (Å²) in [6, 6.07) is 5.12. The van der Waals surface area contributed by atoms with Gasteiger partial charge in [0.2, 0.25) is 0 Å². The number of halogens is 2. The minimum absolute atomic E-state index is 0.393. The second kappa shape index (κ2) is 3.12. The molecule has 0 unspecified atom stereocenters. The maximum absolute atomic E-state index is 8.56. The van der Waals surface area contributed by atoms with Crippen LogP contribution in [0.2, 0.25) is 5.02 Å². The maximum Gasteiger partial charge on any atom is 0.101 e. The van der Waals surface area contributed by atoms with Crippen molar-refractivity contribution in [2.24, 2.45) is 0 Å². The molecule has 0 aromatic heterocycles. The Balaban J connectivity index is 3.39. The normalized spacial score (nSPS) is 9.18. The molecule has 0 saturated carbocycles. The Labute approximate surface area is 77.7 Å². The van der Waals surface area contributed by atoms with Gasteiger partial charge in [-0.2, -0.15) is 5.26 Å². The van der Waals surface area contributed by atoms with E-state index in [0.717, 1.165) is 0 Å². The van der Waals surface area contributed by atoms with Gasteiger partial charge in [0, 0.05) is 9.50 Å². The molecular weight excluding hydrogens is 227 g/mol. The molecule has 0 bridgehead atoms. The van der Waals surface area contributed by atoms with Crippen LogP contribution in [-0.4, -0.2) is 0 Å². The number of benzene rings is 1. The third kappa shape index (κ3) is 1.65. The average molecular weight is 231 g/mol.